The second-order valence-corrected chi connectivity index (χ2v) is 5.51. The Balaban J connectivity index is 1.55. The molecule has 1 heterocycles. The second kappa shape index (κ2) is 8.93. The van der Waals surface area contributed by atoms with Crippen molar-refractivity contribution < 1.29 is 9.21 Å². The van der Waals surface area contributed by atoms with Crippen LogP contribution in [0.3, 0.4) is 0 Å². The highest BCUT2D eigenvalue weighted by molar-refractivity contribution is 5.74. The number of nitrogens with one attached hydrogen (secondary N) is 2. The molecule has 4 heteroatoms. The molecule has 0 spiro atoms. The predicted molar refractivity (Wildman–Crippen MR) is 87.8 cm³/mol. The molecule has 2 amide bonds. The summed E-state index contributed by atoms with van der Waals surface area (Å²) < 4.78 is 5.28. The average Bonchev–Trinajstić information content (AvgIpc) is 3.04. The first kappa shape index (κ1) is 16.1. The SMILES string of the molecule is C[C@H](CCc1ccco1)NC(=O)NCCCc1ccccc1. The number of carbonyl (C=O) groups excluding carboxylic acids is 1. The summed E-state index contributed by atoms with van der Waals surface area (Å²) in [6, 6.07) is 14.2. The molecule has 0 fully saturated rings. The van der Waals surface area contributed by atoms with E-state index in [9.17, 15) is 4.79 Å². The number of benzene rings is 1. The molecule has 0 aliphatic heterocycles. The number of carbonyl (C=O) groups is 1. The van der Waals surface area contributed by atoms with Crippen LogP contribution in [0.15, 0.2) is 53.1 Å². The standard InChI is InChI=1S/C18H24N2O2/c1-15(11-12-17-10-6-14-22-17)20-18(21)19-13-5-9-16-7-3-2-4-8-16/h2-4,6-8,10,14-15H,5,9,11-13H2,1H3,(H2,19,20,21)/t15-/m1/s1. The third kappa shape index (κ3) is 6.04. The van der Waals surface area contributed by atoms with E-state index in [2.05, 4.69) is 22.8 Å². The lowest BCUT2D eigenvalue weighted by Gasteiger charge is -2.14. The molecule has 2 rings (SSSR count). The molecule has 0 saturated heterocycles. The molecule has 0 bridgehead atoms. The third-order valence-corrected chi connectivity index (χ3v) is 3.55. The fraction of sp³-hybridized carbons (Fsp3) is 0.389. The largest absolute Gasteiger partial charge is 0.469 e. The maximum Gasteiger partial charge on any atom is 0.314 e. The number of furan rings is 1. The van der Waals surface area contributed by atoms with E-state index in [1.54, 1.807) is 6.26 Å². The third-order valence-electron chi connectivity index (χ3n) is 3.55. The maximum atomic E-state index is 11.8. The zero-order valence-corrected chi connectivity index (χ0v) is 13.0. The molecule has 0 unspecified atom stereocenters. The molecule has 1 aromatic carbocycles. The van der Waals surface area contributed by atoms with Crippen LogP contribution in [0.25, 0.3) is 0 Å². The summed E-state index contributed by atoms with van der Waals surface area (Å²) in [6.07, 6.45) is 5.30. The molecule has 22 heavy (non-hydrogen) atoms. The van der Waals surface area contributed by atoms with Gasteiger partial charge < -0.3 is 15.1 Å². The van der Waals surface area contributed by atoms with E-state index in [0.717, 1.165) is 31.4 Å². The highest BCUT2D eigenvalue weighted by Crippen LogP contribution is 2.05. The van der Waals surface area contributed by atoms with Gasteiger partial charge in [-0.3, -0.25) is 0 Å². The van der Waals surface area contributed by atoms with Crippen molar-refractivity contribution >= 4 is 6.03 Å². The normalized spacial score (nSPS) is 11.9. The zero-order chi connectivity index (χ0) is 15.6. The Hall–Kier alpha value is -2.23. The van der Waals surface area contributed by atoms with Gasteiger partial charge in [0.25, 0.3) is 0 Å². The van der Waals surface area contributed by atoms with Crippen molar-refractivity contribution in [3.05, 3.63) is 60.1 Å². The summed E-state index contributed by atoms with van der Waals surface area (Å²) in [5.41, 5.74) is 1.30. The van der Waals surface area contributed by atoms with Gasteiger partial charge in [-0.15, -0.1) is 0 Å². The van der Waals surface area contributed by atoms with E-state index in [1.165, 1.54) is 5.56 Å². The Morgan fingerprint density at radius 2 is 1.95 bits per heavy atom. The minimum Gasteiger partial charge on any atom is -0.469 e. The molecule has 2 N–H and O–H groups in total. The summed E-state index contributed by atoms with van der Waals surface area (Å²) in [4.78, 5) is 11.8. The number of urea groups is 1. The van der Waals surface area contributed by atoms with E-state index < -0.39 is 0 Å². The Kier molecular flexibility index (Phi) is 6.55. The molecule has 0 radical (unpaired) electrons. The van der Waals surface area contributed by atoms with Crippen LogP contribution in [-0.4, -0.2) is 18.6 Å². The van der Waals surface area contributed by atoms with E-state index in [1.807, 2.05) is 37.3 Å². The number of hydrogen-bond donors (Lipinski definition) is 2. The quantitative estimate of drug-likeness (QED) is 0.733. The van der Waals surface area contributed by atoms with Crippen LogP contribution in [0.5, 0.6) is 0 Å². The van der Waals surface area contributed by atoms with Crippen molar-refractivity contribution in [2.45, 2.75) is 38.6 Å². The summed E-state index contributed by atoms with van der Waals surface area (Å²) in [5, 5.41) is 5.85. The van der Waals surface area contributed by atoms with Gasteiger partial charge in [0.05, 0.1) is 6.26 Å². The van der Waals surface area contributed by atoms with Gasteiger partial charge in [0, 0.05) is 19.0 Å². The van der Waals surface area contributed by atoms with Crippen molar-refractivity contribution in [1.29, 1.82) is 0 Å². The van der Waals surface area contributed by atoms with Crippen LogP contribution in [0.2, 0.25) is 0 Å². The number of rotatable bonds is 8. The van der Waals surface area contributed by atoms with Gasteiger partial charge in [0.15, 0.2) is 0 Å². The van der Waals surface area contributed by atoms with Crippen LogP contribution in [0.1, 0.15) is 31.1 Å². The topological polar surface area (TPSA) is 54.3 Å². The van der Waals surface area contributed by atoms with E-state index >= 15 is 0 Å². The van der Waals surface area contributed by atoms with Crippen molar-refractivity contribution in [2.24, 2.45) is 0 Å². The zero-order valence-electron chi connectivity index (χ0n) is 13.0. The molecular weight excluding hydrogens is 276 g/mol. The van der Waals surface area contributed by atoms with Gasteiger partial charge in [0.1, 0.15) is 5.76 Å². The monoisotopic (exact) mass is 300 g/mol. The minimum absolute atomic E-state index is 0.0972. The fourth-order valence-corrected chi connectivity index (χ4v) is 2.30. The van der Waals surface area contributed by atoms with Crippen molar-refractivity contribution in [2.75, 3.05) is 6.54 Å². The van der Waals surface area contributed by atoms with Crippen molar-refractivity contribution in [3.63, 3.8) is 0 Å². The van der Waals surface area contributed by atoms with E-state index in [-0.39, 0.29) is 12.1 Å². The first-order valence-electron chi connectivity index (χ1n) is 7.84. The Morgan fingerprint density at radius 1 is 1.14 bits per heavy atom. The molecule has 1 aromatic heterocycles. The van der Waals surface area contributed by atoms with Crippen LogP contribution in [-0.2, 0) is 12.8 Å². The summed E-state index contributed by atoms with van der Waals surface area (Å²) >= 11 is 0. The molecule has 1 atom stereocenters. The highest BCUT2D eigenvalue weighted by atomic mass is 16.3. The van der Waals surface area contributed by atoms with Crippen molar-refractivity contribution in [3.8, 4) is 0 Å². The van der Waals surface area contributed by atoms with Gasteiger partial charge in [-0.05, 0) is 43.9 Å². The lowest BCUT2D eigenvalue weighted by molar-refractivity contribution is 0.237. The van der Waals surface area contributed by atoms with Gasteiger partial charge in [-0.1, -0.05) is 30.3 Å². The van der Waals surface area contributed by atoms with Crippen molar-refractivity contribution in [1.82, 2.24) is 10.6 Å². The van der Waals surface area contributed by atoms with Crippen LogP contribution in [0.4, 0.5) is 4.79 Å². The Labute approximate surface area is 131 Å². The summed E-state index contributed by atoms with van der Waals surface area (Å²) in [6.45, 7) is 2.69. The Morgan fingerprint density at radius 3 is 2.68 bits per heavy atom. The minimum atomic E-state index is -0.0972. The maximum absolute atomic E-state index is 11.8. The molecule has 0 aliphatic carbocycles. The lowest BCUT2D eigenvalue weighted by Crippen LogP contribution is -2.41. The van der Waals surface area contributed by atoms with Crippen LogP contribution in [0, 0.1) is 0 Å². The fourth-order valence-electron chi connectivity index (χ4n) is 2.30. The molecule has 0 aliphatic rings. The average molecular weight is 300 g/mol. The molecule has 0 saturated carbocycles. The number of aryl methyl sites for hydroxylation is 2. The van der Waals surface area contributed by atoms with Crippen LogP contribution < -0.4 is 10.6 Å². The second-order valence-electron chi connectivity index (χ2n) is 5.51. The first-order chi connectivity index (χ1) is 10.7. The number of hydrogen-bond acceptors (Lipinski definition) is 2. The molecular formula is C18H24N2O2. The summed E-state index contributed by atoms with van der Waals surface area (Å²) in [5.74, 6) is 0.955. The molecule has 118 valence electrons. The van der Waals surface area contributed by atoms with Gasteiger partial charge in [-0.2, -0.15) is 0 Å². The first-order valence-corrected chi connectivity index (χ1v) is 7.84. The van der Waals surface area contributed by atoms with E-state index in [0.29, 0.717) is 6.54 Å². The van der Waals surface area contributed by atoms with Crippen LogP contribution >= 0.6 is 0 Å². The smallest absolute Gasteiger partial charge is 0.314 e. The van der Waals surface area contributed by atoms with Gasteiger partial charge >= 0.3 is 6.03 Å². The highest BCUT2D eigenvalue weighted by Gasteiger charge is 2.07. The van der Waals surface area contributed by atoms with Gasteiger partial charge in [0.2, 0.25) is 0 Å². The van der Waals surface area contributed by atoms with E-state index in [4.69, 9.17) is 4.42 Å². The predicted octanol–water partition coefficient (Wildman–Crippen LogP) is 3.53. The van der Waals surface area contributed by atoms with Gasteiger partial charge in [-0.25, -0.2) is 4.79 Å². The lowest BCUT2D eigenvalue weighted by atomic mass is 10.1. The Bertz CT molecular complexity index is 537. The molecule has 2 aromatic rings. The summed E-state index contributed by atoms with van der Waals surface area (Å²) in [7, 11) is 0. The molecule has 4 nitrogen and oxygen atoms in total. The number of amides is 2.